The minimum absolute atomic E-state index is 0.0455. The van der Waals surface area contributed by atoms with Crippen molar-refractivity contribution < 1.29 is 18.0 Å². The van der Waals surface area contributed by atoms with Crippen molar-refractivity contribution in [3.8, 4) is 0 Å². The number of aryl methyl sites for hydroxylation is 1. The van der Waals surface area contributed by atoms with Gasteiger partial charge in [0.1, 0.15) is 12.6 Å². The Morgan fingerprint density at radius 1 is 1.09 bits per heavy atom. The molecule has 9 heteroatoms. The molecule has 2 unspecified atom stereocenters. The van der Waals surface area contributed by atoms with Gasteiger partial charge < -0.3 is 10.2 Å². The van der Waals surface area contributed by atoms with E-state index >= 15 is 0 Å². The molecule has 2 aromatic rings. The maximum absolute atomic E-state index is 13.4. The molecule has 0 fully saturated rings. The molecule has 0 saturated heterocycles. The fraction of sp³-hybridized carbons (Fsp3) is 0.417. The number of rotatable bonds is 10. The van der Waals surface area contributed by atoms with E-state index in [1.807, 2.05) is 44.2 Å². The maximum atomic E-state index is 13.4. The Kier molecular flexibility index (Phi) is 9.31. The number of carbonyl (C=O) groups excluding carboxylic acids is 2. The van der Waals surface area contributed by atoms with E-state index in [0.29, 0.717) is 5.02 Å². The van der Waals surface area contributed by atoms with E-state index < -0.39 is 28.5 Å². The molecule has 0 aliphatic rings. The topological polar surface area (TPSA) is 86.8 Å². The first-order chi connectivity index (χ1) is 15.4. The lowest BCUT2D eigenvalue weighted by atomic mass is 10.1. The fourth-order valence-corrected chi connectivity index (χ4v) is 4.20. The number of hydrogen-bond donors (Lipinski definition) is 1. The van der Waals surface area contributed by atoms with Crippen molar-refractivity contribution in [3.63, 3.8) is 0 Å². The van der Waals surface area contributed by atoms with E-state index in [9.17, 15) is 18.0 Å². The summed E-state index contributed by atoms with van der Waals surface area (Å²) in [5.74, 6) is -0.786. The van der Waals surface area contributed by atoms with Gasteiger partial charge in [0.15, 0.2) is 0 Å². The summed E-state index contributed by atoms with van der Waals surface area (Å²) in [7, 11) is -3.79. The van der Waals surface area contributed by atoms with Gasteiger partial charge in [0.05, 0.1) is 11.9 Å². The minimum atomic E-state index is -3.79. The third-order valence-electron chi connectivity index (χ3n) is 5.49. The predicted molar refractivity (Wildman–Crippen MR) is 133 cm³/mol. The van der Waals surface area contributed by atoms with Crippen LogP contribution in [0.1, 0.15) is 38.3 Å². The number of nitrogens with zero attached hydrogens (tertiary/aromatic N) is 2. The number of carbonyl (C=O) groups is 2. The molecule has 0 saturated carbocycles. The smallest absolute Gasteiger partial charge is 0.244 e. The summed E-state index contributed by atoms with van der Waals surface area (Å²) in [4.78, 5) is 27.7. The van der Waals surface area contributed by atoms with Gasteiger partial charge in [-0.15, -0.1) is 0 Å². The summed E-state index contributed by atoms with van der Waals surface area (Å²) in [6.45, 7) is 7.01. The van der Waals surface area contributed by atoms with Crippen LogP contribution in [0, 0.1) is 6.92 Å². The zero-order valence-electron chi connectivity index (χ0n) is 19.7. The van der Waals surface area contributed by atoms with Crippen LogP contribution in [0.4, 0.5) is 5.69 Å². The van der Waals surface area contributed by atoms with Gasteiger partial charge in [-0.05, 0) is 50.5 Å². The van der Waals surface area contributed by atoms with E-state index in [1.165, 1.54) is 11.0 Å². The number of nitrogens with one attached hydrogen (secondary N) is 1. The van der Waals surface area contributed by atoms with Gasteiger partial charge in [0.2, 0.25) is 21.8 Å². The molecule has 1 N–H and O–H groups in total. The number of sulfonamides is 1. The van der Waals surface area contributed by atoms with Crippen LogP contribution in [0.25, 0.3) is 0 Å². The van der Waals surface area contributed by atoms with Crippen molar-refractivity contribution in [2.24, 2.45) is 0 Å². The van der Waals surface area contributed by atoms with Crippen LogP contribution in [0.15, 0.2) is 48.5 Å². The van der Waals surface area contributed by atoms with Gasteiger partial charge in [0.25, 0.3) is 0 Å². The molecule has 2 atom stereocenters. The highest BCUT2D eigenvalue weighted by Crippen LogP contribution is 2.25. The van der Waals surface area contributed by atoms with Gasteiger partial charge in [-0.25, -0.2) is 8.42 Å². The van der Waals surface area contributed by atoms with Gasteiger partial charge in [-0.1, -0.05) is 54.9 Å². The van der Waals surface area contributed by atoms with Crippen LogP contribution in [-0.2, 0) is 26.2 Å². The standard InChI is InChI=1S/C24H32ClN3O4S/c1-6-18(3)26-24(30)19(4)27(15-20-10-8-7-9-11-20)23(29)16-28(33(5,31)32)21-13-12-17(2)22(25)14-21/h7-14,18-19H,6,15-16H2,1-5H3,(H,26,30). The summed E-state index contributed by atoms with van der Waals surface area (Å²) in [5, 5.41) is 3.30. The second-order valence-electron chi connectivity index (χ2n) is 8.20. The highest BCUT2D eigenvalue weighted by Gasteiger charge is 2.30. The van der Waals surface area contributed by atoms with E-state index in [2.05, 4.69) is 5.32 Å². The van der Waals surface area contributed by atoms with Crippen molar-refractivity contribution in [1.29, 1.82) is 0 Å². The van der Waals surface area contributed by atoms with Crippen LogP contribution in [-0.4, -0.2) is 50.0 Å². The number of benzene rings is 2. The SMILES string of the molecule is CCC(C)NC(=O)C(C)N(Cc1ccccc1)C(=O)CN(c1ccc(C)c(Cl)c1)S(C)(=O)=O. The number of halogens is 1. The van der Waals surface area contributed by atoms with Crippen molar-refractivity contribution in [1.82, 2.24) is 10.2 Å². The summed E-state index contributed by atoms with van der Waals surface area (Å²) in [6.07, 6.45) is 1.79. The lowest BCUT2D eigenvalue weighted by molar-refractivity contribution is -0.139. The van der Waals surface area contributed by atoms with Crippen molar-refractivity contribution >= 4 is 39.1 Å². The number of anilines is 1. The molecule has 0 aliphatic carbocycles. The summed E-state index contributed by atoms with van der Waals surface area (Å²) in [6, 6.07) is 13.2. The summed E-state index contributed by atoms with van der Waals surface area (Å²) >= 11 is 6.20. The Hall–Kier alpha value is -2.58. The van der Waals surface area contributed by atoms with E-state index in [4.69, 9.17) is 11.6 Å². The van der Waals surface area contributed by atoms with Crippen molar-refractivity contribution in [2.45, 2.75) is 52.7 Å². The summed E-state index contributed by atoms with van der Waals surface area (Å²) in [5.41, 5.74) is 1.91. The first kappa shape index (κ1) is 26.7. The molecule has 0 bridgehead atoms. The maximum Gasteiger partial charge on any atom is 0.244 e. The second kappa shape index (κ2) is 11.5. The first-order valence-corrected chi connectivity index (χ1v) is 13.0. The van der Waals surface area contributed by atoms with Crippen molar-refractivity contribution in [2.75, 3.05) is 17.1 Å². The van der Waals surface area contributed by atoms with Gasteiger partial charge in [-0.3, -0.25) is 13.9 Å². The molecule has 0 radical (unpaired) electrons. The lowest BCUT2D eigenvalue weighted by Crippen LogP contribution is -2.52. The molecule has 2 aromatic carbocycles. The lowest BCUT2D eigenvalue weighted by Gasteiger charge is -2.32. The number of hydrogen-bond acceptors (Lipinski definition) is 4. The summed E-state index contributed by atoms with van der Waals surface area (Å²) < 4.78 is 26.1. The Bertz CT molecular complexity index is 1080. The number of amides is 2. The van der Waals surface area contributed by atoms with Gasteiger partial charge in [0, 0.05) is 17.6 Å². The van der Waals surface area contributed by atoms with Crippen LogP contribution in [0.2, 0.25) is 5.02 Å². The molecule has 33 heavy (non-hydrogen) atoms. The largest absolute Gasteiger partial charge is 0.352 e. The fourth-order valence-electron chi connectivity index (χ4n) is 3.18. The second-order valence-corrected chi connectivity index (χ2v) is 10.5. The average molecular weight is 494 g/mol. The van der Waals surface area contributed by atoms with E-state index in [1.54, 1.807) is 26.0 Å². The van der Waals surface area contributed by atoms with Crippen LogP contribution < -0.4 is 9.62 Å². The molecule has 0 heterocycles. The normalized spacial score (nSPS) is 13.2. The van der Waals surface area contributed by atoms with E-state index in [0.717, 1.165) is 28.1 Å². The first-order valence-electron chi connectivity index (χ1n) is 10.8. The molecule has 0 spiro atoms. The highest BCUT2D eigenvalue weighted by molar-refractivity contribution is 7.92. The molecular weight excluding hydrogens is 462 g/mol. The Labute approximate surface area is 201 Å². The Morgan fingerprint density at radius 3 is 2.27 bits per heavy atom. The quantitative estimate of drug-likeness (QED) is 0.546. The third kappa shape index (κ3) is 7.47. The van der Waals surface area contributed by atoms with Gasteiger partial charge in [-0.2, -0.15) is 0 Å². The predicted octanol–water partition coefficient (Wildman–Crippen LogP) is 3.75. The molecule has 0 aromatic heterocycles. The average Bonchev–Trinajstić information content (AvgIpc) is 2.76. The van der Waals surface area contributed by atoms with Crippen LogP contribution >= 0.6 is 11.6 Å². The third-order valence-corrected chi connectivity index (χ3v) is 7.03. The van der Waals surface area contributed by atoms with E-state index in [-0.39, 0.29) is 24.2 Å². The highest BCUT2D eigenvalue weighted by atomic mass is 35.5. The molecule has 7 nitrogen and oxygen atoms in total. The van der Waals surface area contributed by atoms with Crippen LogP contribution in [0.5, 0.6) is 0 Å². The van der Waals surface area contributed by atoms with Gasteiger partial charge >= 0.3 is 0 Å². The van der Waals surface area contributed by atoms with Crippen molar-refractivity contribution in [3.05, 3.63) is 64.7 Å². The molecular formula is C24H32ClN3O4S. The Balaban J connectivity index is 2.38. The molecule has 2 rings (SSSR count). The molecule has 0 aliphatic heterocycles. The monoisotopic (exact) mass is 493 g/mol. The van der Waals surface area contributed by atoms with Crippen LogP contribution in [0.3, 0.4) is 0 Å². The Morgan fingerprint density at radius 2 is 1.73 bits per heavy atom. The molecule has 180 valence electrons. The minimum Gasteiger partial charge on any atom is -0.352 e. The zero-order chi connectivity index (χ0) is 24.8. The molecule has 2 amide bonds. The zero-order valence-corrected chi connectivity index (χ0v) is 21.3.